The second-order valence-corrected chi connectivity index (χ2v) is 8.55. The number of hydrogen-bond acceptors (Lipinski definition) is 7. The third-order valence-electron chi connectivity index (χ3n) is 4.40. The molecule has 0 saturated carbocycles. The number of urea groups is 1. The van der Waals surface area contributed by atoms with Crippen molar-refractivity contribution >= 4 is 44.7 Å². The molecular formula is C20H21N5O7S. The number of aromatic nitrogens is 2. The molecule has 5 N–H and O–H groups in total. The van der Waals surface area contributed by atoms with Gasteiger partial charge in [-0.3, -0.25) is 14.8 Å². The molecule has 0 spiro atoms. The van der Waals surface area contributed by atoms with E-state index < -0.39 is 39.7 Å². The zero-order chi connectivity index (χ0) is 24.2. The summed E-state index contributed by atoms with van der Waals surface area (Å²) in [5.74, 6) is -1.62. The Bertz CT molecular complexity index is 1360. The number of rotatable bonds is 7. The molecule has 174 valence electrons. The van der Waals surface area contributed by atoms with Crippen molar-refractivity contribution in [1.29, 1.82) is 0 Å². The number of carbonyl (C=O) groups is 3. The second-order valence-electron chi connectivity index (χ2n) is 6.87. The zero-order valence-electron chi connectivity index (χ0n) is 17.6. The summed E-state index contributed by atoms with van der Waals surface area (Å²) in [6, 6.07) is 8.76. The summed E-state index contributed by atoms with van der Waals surface area (Å²) >= 11 is 0. The molecule has 3 rings (SSSR count). The molecule has 0 saturated heterocycles. The Morgan fingerprint density at radius 3 is 2.36 bits per heavy atom. The number of fused-ring (bicyclic) bond motifs is 1. The van der Waals surface area contributed by atoms with Crippen LogP contribution in [0.4, 0.5) is 10.5 Å². The molecule has 0 fully saturated rings. The fraction of sp³-hybridized carbons (Fsp3) is 0.200. The van der Waals surface area contributed by atoms with Crippen LogP contribution in [0.15, 0.2) is 52.2 Å². The number of imide groups is 1. The monoisotopic (exact) mass is 475 g/mol. The van der Waals surface area contributed by atoms with Gasteiger partial charge in [0.2, 0.25) is 0 Å². The number of carbonyl (C=O) groups excluding carboxylic acids is 3. The van der Waals surface area contributed by atoms with Gasteiger partial charge >= 0.3 is 17.7 Å². The van der Waals surface area contributed by atoms with E-state index in [1.807, 2.05) is 5.32 Å². The first-order chi connectivity index (χ1) is 15.6. The molecule has 1 unspecified atom stereocenters. The molecule has 1 atom stereocenters. The van der Waals surface area contributed by atoms with Crippen molar-refractivity contribution in [1.82, 2.24) is 20.6 Å². The first kappa shape index (κ1) is 23.5. The van der Waals surface area contributed by atoms with Gasteiger partial charge in [0, 0.05) is 12.2 Å². The number of hydrogen-bond donors (Lipinski definition) is 5. The van der Waals surface area contributed by atoms with Crippen LogP contribution in [0.25, 0.3) is 11.0 Å². The topological polar surface area (TPSA) is 179 Å². The number of benzene rings is 2. The number of ether oxygens (including phenoxy) is 1. The largest absolute Gasteiger partial charge is 0.449 e. The number of aromatic amines is 2. The standard InChI is InChI=1S/C20H21N5O7S/c1-3-21-19(28)24-17(26)11(2)32-18(27)12-4-6-13(7-5-12)25-33(30,31)14-8-9-15-16(10-14)23-20(29)22-15/h4-11,25H,3H2,1-2H3,(H2,22,23,29)(H2,21,24,26,28). The van der Waals surface area contributed by atoms with E-state index in [1.54, 1.807) is 6.92 Å². The zero-order valence-corrected chi connectivity index (χ0v) is 18.4. The average molecular weight is 475 g/mol. The minimum absolute atomic E-state index is 0.0688. The molecule has 12 nitrogen and oxygen atoms in total. The number of sulfonamides is 1. The lowest BCUT2D eigenvalue weighted by molar-refractivity contribution is -0.127. The van der Waals surface area contributed by atoms with Gasteiger partial charge in [-0.25, -0.2) is 22.8 Å². The van der Waals surface area contributed by atoms with Crippen molar-refractivity contribution in [2.75, 3.05) is 11.3 Å². The van der Waals surface area contributed by atoms with Gasteiger partial charge in [0.15, 0.2) is 6.10 Å². The molecule has 0 aliphatic heterocycles. The molecule has 0 bridgehead atoms. The number of anilines is 1. The maximum Gasteiger partial charge on any atom is 0.338 e. The van der Waals surface area contributed by atoms with Crippen LogP contribution in [-0.4, -0.2) is 48.9 Å². The number of H-pyrrole nitrogens is 2. The molecule has 0 aliphatic rings. The SMILES string of the molecule is CCNC(=O)NC(=O)C(C)OC(=O)c1ccc(NS(=O)(=O)c2ccc3[nH]c(=O)[nH]c3c2)cc1. The minimum Gasteiger partial charge on any atom is -0.449 e. The van der Waals surface area contributed by atoms with Crippen molar-refractivity contribution in [2.45, 2.75) is 24.8 Å². The lowest BCUT2D eigenvalue weighted by Gasteiger charge is -2.13. The van der Waals surface area contributed by atoms with Crippen LogP contribution in [-0.2, 0) is 19.6 Å². The minimum atomic E-state index is -3.97. The van der Waals surface area contributed by atoms with E-state index >= 15 is 0 Å². The van der Waals surface area contributed by atoms with Gasteiger partial charge in [0.05, 0.1) is 21.5 Å². The predicted octanol–water partition coefficient (Wildman–Crippen LogP) is 1.05. The maximum absolute atomic E-state index is 12.6. The van der Waals surface area contributed by atoms with Crippen LogP contribution >= 0.6 is 0 Å². The molecule has 13 heteroatoms. The summed E-state index contributed by atoms with van der Waals surface area (Å²) in [5, 5.41) is 4.41. The van der Waals surface area contributed by atoms with Crippen molar-refractivity contribution in [3.8, 4) is 0 Å². The molecule has 33 heavy (non-hydrogen) atoms. The average Bonchev–Trinajstić information content (AvgIpc) is 3.13. The number of imidazole rings is 1. The van der Waals surface area contributed by atoms with Gasteiger partial charge in [0.25, 0.3) is 15.9 Å². The van der Waals surface area contributed by atoms with Gasteiger partial charge in [-0.15, -0.1) is 0 Å². The van der Waals surface area contributed by atoms with E-state index in [-0.39, 0.29) is 16.1 Å². The lowest BCUT2D eigenvalue weighted by atomic mass is 10.2. The molecular weight excluding hydrogens is 454 g/mol. The Labute approximate surface area is 187 Å². The van der Waals surface area contributed by atoms with Crippen LogP contribution in [0, 0.1) is 0 Å². The van der Waals surface area contributed by atoms with Crippen LogP contribution in [0.3, 0.4) is 0 Å². The summed E-state index contributed by atoms with van der Waals surface area (Å²) < 4.78 is 32.7. The van der Waals surface area contributed by atoms with Crippen molar-refractivity contribution in [3.05, 3.63) is 58.5 Å². The maximum atomic E-state index is 12.6. The quantitative estimate of drug-likeness (QED) is 0.317. The van der Waals surface area contributed by atoms with Gasteiger partial charge in [0.1, 0.15) is 0 Å². The Balaban J connectivity index is 1.65. The number of nitrogens with one attached hydrogen (secondary N) is 5. The Morgan fingerprint density at radius 1 is 1.03 bits per heavy atom. The highest BCUT2D eigenvalue weighted by molar-refractivity contribution is 7.92. The van der Waals surface area contributed by atoms with Crippen molar-refractivity contribution < 1.29 is 27.5 Å². The highest BCUT2D eigenvalue weighted by Crippen LogP contribution is 2.20. The first-order valence-corrected chi connectivity index (χ1v) is 11.2. The third kappa shape index (κ3) is 5.77. The van der Waals surface area contributed by atoms with Crippen LogP contribution in [0.1, 0.15) is 24.2 Å². The van der Waals surface area contributed by atoms with E-state index in [1.165, 1.54) is 49.4 Å². The van der Waals surface area contributed by atoms with E-state index in [9.17, 15) is 27.6 Å². The smallest absolute Gasteiger partial charge is 0.338 e. The number of esters is 1. The molecule has 1 heterocycles. The number of amides is 3. The molecule has 1 aromatic heterocycles. The predicted molar refractivity (Wildman–Crippen MR) is 118 cm³/mol. The van der Waals surface area contributed by atoms with Crippen molar-refractivity contribution in [3.63, 3.8) is 0 Å². The fourth-order valence-corrected chi connectivity index (χ4v) is 3.85. The molecule has 3 amide bonds. The van der Waals surface area contributed by atoms with Gasteiger partial charge in [-0.1, -0.05) is 0 Å². The second kappa shape index (κ2) is 9.56. The van der Waals surface area contributed by atoms with Crippen molar-refractivity contribution in [2.24, 2.45) is 0 Å². The summed E-state index contributed by atoms with van der Waals surface area (Å²) in [6.45, 7) is 3.31. The Hall–Kier alpha value is -4.13. The normalized spacial score (nSPS) is 12.1. The Morgan fingerprint density at radius 2 is 1.70 bits per heavy atom. The van der Waals surface area contributed by atoms with Crippen LogP contribution in [0.2, 0.25) is 0 Å². The molecule has 3 aromatic rings. The summed E-state index contributed by atoms with van der Waals surface area (Å²) in [4.78, 5) is 51.8. The van der Waals surface area contributed by atoms with E-state index in [4.69, 9.17) is 4.74 Å². The highest BCUT2D eigenvalue weighted by Gasteiger charge is 2.21. The van der Waals surface area contributed by atoms with Crippen LogP contribution in [0.5, 0.6) is 0 Å². The van der Waals surface area contributed by atoms with Crippen LogP contribution < -0.4 is 21.0 Å². The van der Waals surface area contributed by atoms with E-state index in [0.29, 0.717) is 17.6 Å². The summed E-state index contributed by atoms with van der Waals surface area (Å²) in [5.41, 5.74) is 0.603. The molecule has 0 radical (unpaired) electrons. The summed E-state index contributed by atoms with van der Waals surface area (Å²) in [6.07, 6.45) is -1.23. The Kier molecular flexibility index (Phi) is 6.82. The third-order valence-corrected chi connectivity index (χ3v) is 5.78. The fourth-order valence-electron chi connectivity index (χ4n) is 2.77. The lowest BCUT2D eigenvalue weighted by Crippen LogP contribution is -2.44. The van der Waals surface area contributed by atoms with E-state index in [2.05, 4.69) is 20.0 Å². The molecule has 0 aliphatic carbocycles. The van der Waals surface area contributed by atoms with Gasteiger partial charge in [-0.05, 0) is 56.3 Å². The highest BCUT2D eigenvalue weighted by atomic mass is 32.2. The van der Waals surface area contributed by atoms with Gasteiger partial charge in [-0.2, -0.15) is 0 Å². The first-order valence-electron chi connectivity index (χ1n) is 9.73. The van der Waals surface area contributed by atoms with Gasteiger partial charge < -0.3 is 20.0 Å². The van der Waals surface area contributed by atoms with E-state index in [0.717, 1.165) is 0 Å². The molecule has 2 aromatic carbocycles. The summed E-state index contributed by atoms with van der Waals surface area (Å²) in [7, 11) is -3.97.